The number of rotatable bonds is 5. The van der Waals surface area contributed by atoms with Crippen LogP contribution in [0.5, 0.6) is 5.75 Å². The molecule has 0 saturated heterocycles. The number of carbonyl (C=O) groups excluding carboxylic acids is 3. The fourth-order valence-electron chi connectivity index (χ4n) is 2.43. The van der Waals surface area contributed by atoms with E-state index in [1.165, 1.54) is 7.11 Å². The number of Topliss-reactive ketones (excluding diaryl/α,β-unsaturated/α-hetero) is 1. The molecule has 2 rings (SSSR count). The molecule has 1 heterocycles. The summed E-state index contributed by atoms with van der Waals surface area (Å²) in [5, 5.41) is 2.72. The molecule has 6 nitrogen and oxygen atoms in total. The minimum absolute atomic E-state index is 0.0309. The Morgan fingerprint density at radius 2 is 2.09 bits per heavy atom. The van der Waals surface area contributed by atoms with E-state index in [1.807, 2.05) is 13.8 Å². The van der Waals surface area contributed by atoms with Crippen LogP contribution >= 0.6 is 0 Å². The molecule has 1 aliphatic rings. The van der Waals surface area contributed by atoms with Crippen LogP contribution in [0.1, 0.15) is 53.8 Å². The van der Waals surface area contributed by atoms with Gasteiger partial charge in [-0.25, -0.2) is 0 Å². The number of ketones is 1. The lowest BCUT2D eigenvalue weighted by Crippen LogP contribution is -2.36. The van der Waals surface area contributed by atoms with Gasteiger partial charge in [-0.3, -0.25) is 14.4 Å². The van der Waals surface area contributed by atoms with Crippen molar-refractivity contribution in [3.05, 3.63) is 29.3 Å². The van der Waals surface area contributed by atoms with E-state index in [9.17, 15) is 14.4 Å². The van der Waals surface area contributed by atoms with Crippen LogP contribution < -0.4 is 10.1 Å². The predicted octanol–water partition coefficient (Wildman–Crippen LogP) is 2.11. The number of hydrogen-bond donors (Lipinski definition) is 1. The van der Waals surface area contributed by atoms with Crippen molar-refractivity contribution in [1.29, 1.82) is 0 Å². The molecular formula is C17H21NO5. The van der Waals surface area contributed by atoms with Crippen molar-refractivity contribution in [2.75, 3.05) is 13.7 Å². The first-order valence-corrected chi connectivity index (χ1v) is 7.54. The number of fused-ring (bicyclic) bond motifs is 1. The third kappa shape index (κ3) is 4.31. The van der Waals surface area contributed by atoms with E-state index in [4.69, 9.17) is 4.74 Å². The zero-order valence-electron chi connectivity index (χ0n) is 13.6. The monoisotopic (exact) mass is 319 g/mol. The van der Waals surface area contributed by atoms with E-state index < -0.39 is 5.60 Å². The number of esters is 1. The van der Waals surface area contributed by atoms with Gasteiger partial charge in [-0.05, 0) is 38.5 Å². The molecular weight excluding hydrogens is 298 g/mol. The molecule has 0 spiro atoms. The number of ether oxygens (including phenoxy) is 2. The Morgan fingerprint density at radius 1 is 1.35 bits per heavy atom. The van der Waals surface area contributed by atoms with E-state index in [-0.39, 0.29) is 30.5 Å². The molecule has 124 valence electrons. The van der Waals surface area contributed by atoms with Gasteiger partial charge in [0.15, 0.2) is 5.78 Å². The molecule has 1 aromatic carbocycles. The van der Waals surface area contributed by atoms with Gasteiger partial charge in [0.25, 0.3) is 5.91 Å². The first kappa shape index (κ1) is 17.0. The summed E-state index contributed by atoms with van der Waals surface area (Å²) in [6.07, 6.45) is 1.03. The van der Waals surface area contributed by atoms with Crippen molar-refractivity contribution in [2.45, 2.75) is 38.7 Å². The summed E-state index contributed by atoms with van der Waals surface area (Å²) in [6, 6.07) is 4.84. The number of methoxy groups -OCH3 is 1. The third-order valence-corrected chi connectivity index (χ3v) is 3.59. The van der Waals surface area contributed by atoms with Gasteiger partial charge in [0.2, 0.25) is 0 Å². The quantitative estimate of drug-likeness (QED) is 0.664. The fraction of sp³-hybridized carbons (Fsp3) is 0.471. The second kappa shape index (κ2) is 6.81. The molecule has 1 amide bonds. The number of hydrogen-bond acceptors (Lipinski definition) is 5. The summed E-state index contributed by atoms with van der Waals surface area (Å²) in [5.74, 6) is -0.112. The Balaban J connectivity index is 1.99. The first-order valence-electron chi connectivity index (χ1n) is 7.54. The lowest BCUT2D eigenvalue weighted by atomic mass is 9.92. The van der Waals surface area contributed by atoms with Crippen LogP contribution in [-0.2, 0) is 9.53 Å². The van der Waals surface area contributed by atoms with E-state index in [1.54, 1.807) is 18.2 Å². The van der Waals surface area contributed by atoms with Gasteiger partial charge >= 0.3 is 5.97 Å². The molecule has 0 unspecified atom stereocenters. The van der Waals surface area contributed by atoms with Crippen molar-refractivity contribution in [3.8, 4) is 5.75 Å². The molecule has 0 saturated carbocycles. The van der Waals surface area contributed by atoms with E-state index in [0.717, 1.165) is 0 Å². The molecule has 1 N–H and O–H groups in total. The lowest BCUT2D eigenvalue weighted by Gasteiger charge is -2.31. The smallest absolute Gasteiger partial charge is 0.305 e. The van der Waals surface area contributed by atoms with Crippen LogP contribution in [0.25, 0.3) is 0 Å². The fourth-order valence-corrected chi connectivity index (χ4v) is 2.43. The summed E-state index contributed by atoms with van der Waals surface area (Å²) in [5.41, 5.74) is 0.312. The van der Waals surface area contributed by atoms with Gasteiger partial charge in [-0.1, -0.05) is 0 Å². The molecule has 23 heavy (non-hydrogen) atoms. The molecule has 0 bridgehead atoms. The van der Waals surface area contributed by atoms with E-state index in [2.05, 4.69) is 10.1 Å². The van der Waals surface area contributed by atoms with E-state index in [0.29, 0.717) is 29.8 Å². The minimum atomic E-state index is -0.526. The summed E-state index contributed by atoms with van der Waals surface area (Å²) in [6.45, 7) is 4.08. The maximum Gasteiger partial charge on any atom is 0.305 e. The average molecular weight is 319 g/mol. The Hall–Kier alpha value is -2.37. The minimum Gasteiger partial charge on any atom is -0.487 e. The van der Waals surface area contributed by atoms with Crippen molar-refractivity contribution in [3.63, 3.8) is 0 Å². The normalized spacial score (nSPS) is 15.3. The lowest BCUT2D eigenvalue weighted by molar-refractivity contribution is -0.140. The van der Waals surface area contributed by atoms with Crippen molar-refractivity contribution in [2.24, 2.45) is 0 Å². The van der Waals surface area contributed by atoms with Crippen molar-refractivity contribution in [1.82, 2.24) is 5.32 Å². The molecule has 0 atom stereocenters. The Labute approximate surface area is 135 Å². The maximum atomic E-state index is 12.2. The number of carbonyl (C=O) groups is 3. The van der Waals surface area contributed by atoms with Gasteiger partial charge in [-0.2, -0.15) is 0 Å². The highest BCUT2D eigenvalue weighted by Crippen LogP contribution is 2.33. The number of nitrogens with one attached hydrogen (secondary N) is 1. The van der Waals surface area contributed by atoms with Gasteiger partial charge in [-0.15, -0.1) is 0 Å². The highest BCUT2D eigenvalue weighted by atomic mass is 16.5. The van der Waals surface area contributed by atoms with Crippen LogP contribution in [0.15, 0.2) is 18.2 Å². The molecule has 0 aliphatic carbocycles. The number of benzene rings is 1. The van der Waals surface area contributed by atoms with E-state index >= 15 is 0 Å². The van der Waals surface area contributed by atoms with Gasteiger partial charge in [0.05, 0.1) is 19.1 Å². The maximum absolute atomic E-state index is 12.2. The summed E-state index contributed by atoms with van der Waals surface area (Å²) >= 11 is 0. The molecule has 0 aromatic heterocycles. The van der Waals surface area contributed by atoms with Crippen molar-refractivity contribution < 1.29 is 23.9 Å². The van der Waals surface area contributed by atoms with Crippen LogP contribution in [0.4, 0.5) is 0 Å². The molecule has 6 heteroatoms. The second-order valence-corrected chi connectivity index (χ2v) is 6.11. The molecule has 1 aromatic rings. The first-order chi connectivity index (χ1) is 10.8. The zero-order chi connectivity index (χ0) is 17.0. The Morgan fingerprint density at radius 3 is 2.78 bits per heavy atom. The number of amides is 1. The summed E-state index contributed by atoms with van der Waals surface area (Å²) in [7, 11) is 1.33. The topological polar surface area (TPSA) is 81.7 Å². The zero-order valence-corrected chi connectivity index (χ0v) is 13.6. The van der Waals surface area contributed by atoms with Gasteiger partial charge in [0.1, 0.15) is 11.4 Å². The Kier molecular flexibility index (Phi) is 5.03. The molecule has 0 radical (unpaired) electrons. The van der Waals surface area contributed by atoms with Crippen LogP contribution in [0, 0.1) is 0 Å². The van der Waals surface area contributed by atoms with Crippen LogP contribution in [0.3, 0.4) is 0 Å². The highest BCUT2D eigenvalue weighted by molar-refractivity contribution is 6.03. The average Bonchev–Trinajstić information content (AvgIpc) is 2.49. The standard InChI is InChI=1S/C17H21NO5/c1-17(2)10-13(19)12-9-11(6-7-14(12)23-17)16(21)18-8-4-5-15(20)22-3/h6-7,9H,4-5,8,10H2,1-3H3,(H,18,21). The second-order valence-electron chi connectivity index (χ2n) is 6.11. The SMILES string of the molecule is COC(=O)CCCNC(=O)c1ccc2c(c1)C(=O)CC(C)(C)O2. The largest absolute Gasteiger partial charge is 0.487 e. The summed E-state index contributed by atoms with van der Waals surface area (Å²) in [4.78, 5) is 35.3. The van der Waals surface area contributed by atoms with Crippen molar-refractivity contribution >= 4 is 17.7 Å². The highest BCUT2D eigenvalue weighted by Gasteiger charge is 2.32. The van der Waals surface area contributed by atoms with Crippen LogP contribution in [0.2, 0.25) is 0 Å². The Bertz CT molecular complexity index is 636. The molecule has 0 fully saturated rings. The summed E-state index contributed by atoms with van der Waals surface area (Å²) < 4.78 is 10.3. The third-order valence-electron chi connectivity index (χ3n) is 3.59. The predicted molar refractivity (Wildman–Crippen MR) is 83.7 cm³/mol. The van der Waals surface area contributed by atoms with Gasteiger partial charge < -0.3 is 14.8 Å². The molecule has 1 aliphatic heterocycles. The van der Waals surface area contributed by atoms with Crippen LogP contribution in [-0.4, -0.2) is 36.9 Å². The van der Waals surface area contributed by atoms with Gasteiger partial charge in [0, 0.05) is 18.5 Å².